The van der Waals surface area contributed by atoms with Crippen molar-refractivity contribution in [1.29, 1.82) is 0 Å². The molecule has 4 rings (SSSR count). The minimum Gasteiger partial charge on any atom is -0.445 e. The Balaban J connectivity index is 1.21. The maximum absolute atomic E-state index is 13.1. The second kappa shape index (κ2) is 7.70. The molecule has 2 aromatic rings. The zero-order valence-electron chi connectivity index (χ0n) is 16.5. The molecule has 0 aliphatic heterocycles. The lowest BCUT2D eigenvalue weighted by Crippen LogP contribution is -2.56. The van der Waals surface area contributed by atoms with Gasteiger partial charge in [-0.2, -0.15) is 0 Å². The quantitative estimate of drug-likeness (QED) is 0.723. The number of nitrogens with zero attached hydrogens (tertiary/aromatic N) is 1. The summed E-state index contributed by atoms with van der Waals surface area (Å²) < 4.78 is 36.2. The molecule has 1 aromatic carbocycles. The average molecular weight is 419 g/mol. The first-order valence-electron chi connectivity index (χ1n) is 9.83. The molecular weight excluding hydrogens is 396 g/mol. The van der Waals surface area contributed by atoms with E-state index in [4.69, 9.17) is 9.15 Å². The molecule has 0 bridgehead atoms. The zero-order chi connectivity index (χ0) is 21.4. The van der Waals surface area contributed by atoms with E-state index in [1.54, 1.807) is 24.3 Å². The Morgan fingerprint density at radius 2 is 1.97 bits per heavy atom. The summed E-state index contributed by atoms with van der Waals surface area (Å²) in [5.74, 6) is -2.40. The fraction of sp³-hybridized carbons (Fsp3) is 0.476. The molecule has 0 radical (unpaired) electrons. The van der Waals surface area contributed by atoms with Gasteiger partial charge in [0, 0.05) is 24.4 Å². The SMILES string of the molecule is C[C@H](NC(=O)C1CC2(C1)CC(F)(F)C2)c1ccc(NC(=O)OCc2cnco2)cc1. The van der Waals surface area contributed by atoms with Crippen LogP contribution >= 0.6 is 0 Å². The molecule has 30 heavy (non-hydrogen) atoms. The van der Waals surface area contributed by atoms with Crippen LogP contribution in [-0.4, -0.2) is 22.9 Å². The molecule has 2 saturated carbocycles. The fourth-order valence-electron chi connectivity index (χ4n) is 4.38. The van der Waals surface area contributed by atoms with Gasteiger partial charge in [0.2, 0.25) is 11.8 Å². The molecule has 2 amide bonds. The van der Waals surface area contributed by atoms with Gasteiger partial charge >= 0.3 is 6.09 Å². The van der Waals surface area contributed by atoms with E-state index in [1.165, 1.54) is 12.6 Å². The summed E-state index contributed by atoms with van der Waals surface area (Å²) in [5, 5.41) is 5.55. The molecule has 7 nitrogen and oxygen atoms in total. The Morgan fingerprint density at radius 1 is 1.27 bits per heavy atom. The molecular formula is C21H23F2N3O4. The molecule has 2 fully saturated rings. The smallest absolute Gasteiger partial charge is 0.412 e. The Morgan fingerprint density at radius 3 is 2.57 bits per heavy atom. The summed E-state index contributed by atoms with van der Waals surface area (Å²) in [5.41, 5.74) is 1.10. The largest absolute Gasteiger partial charge is 0.445 e. The average Bonchev–Trinajstić information content (AvgIpc) is 3.16. The van der Waals surface area contributed by atoms with Crippen molar-refractivity contribution in [3.63, 3.8) is 0 Å². The van der Waals surface area contributed by atoms with Gasteiger partial charge in [-0.25, -0.2) is 18.6 Å². The minimum absolute atomic E-state index is 0.0208. The third-order valence-corrected chi connectivity index (χ3v) is 5.84. The summed E-state index contributed by atoms with van der Waals surface area (Å²) in [4.78, 5) is 27.9. The Bertz CT molecular complexity index is 899. The standard InChI is InChI=1S/C21H23F2N3O4/c1-13(25-18(27)15-6-20(7-15)10-21(22,23)11-20)14-2-4-16(5-3-14)26-19(28)29-9-17-8-24-12-30-17/h2-5,8,12-13,15H,6-7,9-11H2,1H3,(H,25,27)(H,26,28)/t13-/m0/s1. The fourth-order valence-corrected chi connectivity index (χ4v) is 4.38. The minimum atomic E-state index is -2.55. The number of carbonyl (C=O) groups is 2. The molecule has 0 saturated heterocycles. The zero-order valence-corrected chi connectivity index (χ0v) is 16.5. The van der Waals surface area contributed by atoms with Crippen LogP contribution in [0.25, 0.3) is 0 Å². The molecule has 160 valence electrons. The van der Waals surface area contributed by atoms with Gasteiger partial charge in [0.05, 0.1) is 12.2 Å². The number of ether oxygens (including phenoxy) is 1. The van der Waals surface area contributed by atoms with E-state index in [1.807, 2.05) is 6.92 Å². The molecule has 1 aromatic heterocycles. The molecule has 9 heteroatoms. The number of oxazole rings is 1. The number of rotatable bonds is 6. The van der Waals surface area contributed by atoms with Crippen molar-refractivity contribution in [1.82, 2.24) is 10.3 Å². The number of hydrogen-bond acceptors (Lipinski definition) is 5. The second-order valence-corrected chi connectivity index (χ2v) is 8.34. The monoisotopic (exact) mass is 419 g/mol. The van der Waals surface area contributed by atoms with Crippen LogP contribution in [-0.2, 0) is 16.1 Å². The Kier molecular flexibility index (Phi) is 5.21. The highest BCUT2D eigenvalue weighted by molar-refractivity contribution is 5.84. The lowest BCUT2D eigenvalue weighted by molar-refractivity contribution is -0.207. The lowest BCUT2D eigenvalue weighted by Gasteiger charge is -2.56. The van der Waals surface area contributed by atoms with Crippen molar-refractivity contribution in [3.05, 3.63) is 48.2 Å². The van der Waals surface area contributed by atoms with E-state index in [0.29, 0.717) is 24.3 Å². The van der Waals surface area contributed by atoms with Gasteiger partial charge in [0.25, 0.3) is 0 Å². The number of hydrogen-bond donors (Lipinski definition) is 2. The van der Waals surface area contributed by atoms with Gasteiger partial charge in [-0.1, -0.05) is 12.1 Å². The number of benzene rings is 1. The highest BCUT2D eigenvalue weighted by Crippen LogP contribution is 2.64. The van der Waals surface area contributed by atoms with Crippen molar-refractivity contribution in [3.8, 4) is 0 Å². The Labute approximate surface area is 172 Å². The molecule has 1 spiro atoms. The summed E-state index contributed by atoms with van der Waals surface area (Å²) in [6.45, 7) is 1.84. The lowest BCUT2D eigenvalue weighted by atomic mass is 9.50. The maximum Gasteiger partial charge on any atom is 0.412 e. The van der Waals surface area contributed by atoms with Crippen LogP contribution in [0.5, 0.6) is 0 Å². The van der Waals surface area contributed by atoms with Gasteiger partial charge in [-0.15, -0.1) is 0 Å². The first-order chi connectivity index (χ1) is 14.2. The van der Waals surface area contributed by atoms with Crippen molar-refractivity contribution < 1.29 is 27.5 Å². The summed E-state index contributed by atoms with van der Waals surface area (Å²) in [7, 11) is 0. The van der Waals surface area contributed by atoms with Crippen LogP contribution < -0.4 is 10.6 Å². The number of anilines is 1. The highest BCUT2D eigenvalue weighted by Gasteiger charge is 2.62. The number of aromatic nitrogens is 1. The van der Waals surface area contributed by atoms with Crippen LogP contribution in [0.2, 0.25) is 0 Å². The van der Waals surface area contributed by atoms with Crippen molar-refractivity contribution in [2.24, 2.45) is 11.3 Å². The van der Waals surface area contributed by atoms with Gasteiger partial charge in [0.1, 0.15) is 0 Å². The van der Waals surface area contributed by atoms with E-state index in [0.717, 1.165) is 5.56 Å². The first kappa shape index (κ1) is 20.3. The van der Waals surface area contributed by atoms with Crippen LogP contribution in [0.1, 0.15) is 50.0 Å². The molecule has 0 unspecified atom stereocenters. The Hall–Kier alpha value is -2.97. The molecule has 2 aliphatic rings. The predicted octanol–water partition coefficient (Wildman–Crippen LogP) is 4.43. The van der Waals surface area contributed by atoms with Gasteiger partial charge in [-0.3, -0.25) is 10.1 Å². The van der Waals surface area contributed by atoms with Gasteiger partial charge < -0.3 is 14.5 Å². The molecule has 2 aliphatic carbocycles. The predicted molar refractivity (Wildman–Crippen MR) is 103 cm³/mol. The van der Waals surface area contributed by atoms with E-state index in [2.05, 4.69) is 15.6 Å². The van der Waals surface area contributed by atoms with Crippen molar-refractivity contribution in [2.45, 2.75) is 51.2 Å². The number of carbonyl (C=O) groups excluding carboxylic acids is 2. The van der Waals surface area contributed by atoms with Crippen LogP contribution in [0.3, 0.4) is 0 Å². The molecule has 2 N–H and O–H groups in total. The van der Waals surface area contributed by atoms with Crippen molar-refractivity contribution >= 4 is 17.7 Å². The van der Waals surface area contributed by atoms with E-state index >= 15 is 0 Å². The van der Waals surface area contributed by atoms with Crippen LogP contribution in [0.4, 0.5) is 19.3 Å². The topological polar surface area (TPSA) is 93.5 Å². The van der Waals surface area contributed by atoms with Crippen LogP contribution in [0, 0.1) is 11.3 Å². The third-order valence-electron chi connectivity index (χ3n) is 5.84. The van der Waals surface area contributed by atoms with E-state index in [9.17, 15) is 18.4 Å². The second-order valence-electron chi connectivity index (χ2n) is 8.34. The summed E-state index contributed by atoms with van der Waals surface area (Å²) >= 11 is 0. The van der Waals surface area contributed by atoms with E-state index < -0.39 is 12.0 Å². The number of amides is 2. The van der Waals surface area contributed by atoms with Crippen molar-refractivity contribution in [2.75, 3.05) is 5.32 Å². The normalized spacial score (nSPS) is 20.0. The number of halogens is 2. The summed E-state index contributed by atoms with van der Waals surface area (Å²) in [6, 6.07) is 6.78. The summed E-state index contributed by atoms with van der Waals surface area (Å²) in [6.07, 6.45) is 3.00. The molecule has 1 atom stereocenters. The molecule has 1 heterocycles. The number of nitrogens with one attached hydrogen (secondary N) is 2. The van der Waals surface area contributed by atoms with Gasteiger partial charge in [-0.05, 0) is 42.9 Å². The van der Waals surface area contributed by atoms with Gasteiger partial charge in [0.15, 0.2) is 18.8 Å². The van der Waals surface area contributed by atoms with Crippen LogP contribution in [0.15, 0.2) is 41.3 Å². The maximum atomic E-state index is 13.1. The highest BCUT2D eigenvalue weighted by atomic mass is 19.3. The van der Waals surface area contributed by atoms with E-state index in [-0.39, 0.29) is 42.7 Å². The number of alkyl halides is 2. The third kappa shape index (κ3) is 4.44. The first-order valence-corrected chi connectivity index (χ1v) is 9.83.